The Morgan fingerprint density at radius 3 is 2.61 bits per heavy atom. The third-order valence-electron chi connectivity index (χ3n) is 4.23. The van der Waals surface area contributed by atoms with Crippen LogP contribution in [-0.2, 0) is 16.0 Å². The van der Waals surface area contributed by atoms with Gasteiger partial charge in [-0.15, -0.1) is 11.3 Å². The van der Waals surface area contributed by atoms with E-state index in [9.17, 15) is 14.0 Å². The van der Waals surface area contributed by atoms with Gasteiger partial charge in [0, 0.05) is 16.6 Å². The summed E-state index contributed by atoms with van der Waals surface area (Å²) in [5, 5.41) is 3.12. The summed E-state index contributed by atoms with van der Waals surface area (Å²) in [4.78, 5) is 24.7. The summed E-state index contributed by atoms with van der Waals surface area (Å²) in [5.41, 5.74) is 1.05. The lowest BCUT2D eigenvalue weighted by Gasteiger charge is -2.13. The van der Waals surface area contributed by atoms with Crippen LogP contribution in [0.2, 0.25) is 0 Å². The van der Waals surface area contributed by atoms with E-state index < -0.39 is 17.9 Å². The predicted octanol–water partition coefficient (Wildman–Crippen LogP) is 3.95. The topological polar surface area (TPSA) is 64.6 Å². The van der Waals surface area contributed by atoms with Crippen LogP contribution in [0.25, 0.3) is 10.1 Å². The number of amides is 1. The van der Waals surface area contributed by atoms with E-state index in [2.05, 4.69) is 5.32 Å². The fourth-order valence-corrected chi connectivity index (χ4v) is 3.62. The Morgan fingerprint density at radius 1 is 1.18 bits per heavy atom. The van der Waals surface area contributed by atoms with Crippen molar-refractivity contribution in [2.24, 2.45) is 0 Å². The summed E-state index contributed by atoms with van der Waals surface area (Å²) >= 11 is 1.13. The highest BCUT2D eigenvalue weighted by atomic mass is 32.1. The van der Waals surface area contributed by atoms with Gasteiger partial charge in [0.1, 0.15) is 16.4 Å². The molecule has 0 spiro atoms. The molecule has 3 aromatic rings. The second kappa shape index (κ2) is 8.84. The molecule has 28 heavy (non-hydrogen) atoms. The number of carbonyl (C=O) groups is 2. The van der Waals surface area contributed by atoms with Gasteiger partial charge in [-0.3, -0.25) is 4.79 Å². The van der Waals surface area contributed by atoms with E-state index in [1.807, 2.05) is 24.3 Å². The monoisotopic (exact) mass is 401 g/mol. The average Bonchev–Trinajstić information content (AvgIpc) is 3.14. The van der Waals surface area contributed by atoms with Gasteiger partial charge in [-0.05, 0) is 49.2 Å². The number of halogens is 1. The van der Waals surface area contributed by atoms with Gasteiger partial charge in [0.2, 0.25) is 0 Å². The zero-order chi connectivity index (χ0) is 20.1. The number of ether oxygens (including phenoxy) is 2. The molecule has 0 unspecified atom stereocenters. The van der Waals surface area contributed by atoms with Gasteiger partial charge in [-0.25, -0.2) is 9.18 Å². The first-order chi connectivity index (χ1) is 13.5. The number of nitrogens with one attached hydrogen (secondary N) is 1. The number of benzene rings is 2. The Hall–Kier alpha value is -2.93. The molecule has 1 atom stereocenters. The fourth-order valence-electron chi connectivity index (χ4n) is 2.66. The van der Waals surface area contributed by atoms with Crippen molar-refractivity contribution < 1.29 is 23.5 Å². The van der Waals surface area contributed by atoms with Gasteiger partial charge < -0.3 is 14.8 Å². The van der Waals surface area contributed by atoms with E-state index in [0.29, 0.717) is 23.1 Å². The summed E-state index contributed by atoms with van der Waals surface area (Å²) in [6.45, 7) is 1.93. The molecular formula is C21H20FNO4S. The molecule has 0 aliphatic heterocycles. The molecular weight excluding hydrogens is 381 g/mol. The normalized spacial score (nSPS) is 11.8. The maximum atomic E-state index is 13.8. The second-order valence-corrected chi connectivity index (χ2v) is 7.28. The molecule has 3 rings (SSSR count). The molecule has 7 heteroatoms. The third-order valence-corrected chi connectivity index (χ3v) is 5.31. The van der Waals surface area contributed by atoms with Crippen molar-refractivity contribution in [3.05, 3.63) is 64.8 Å². The summed E-state index contributed by atoms with van der Waals surface area (Å²) in [7, 11) is 1.60. The molecule has 1 N–H and O–H groups in total. The van der Waals surface area contributed by atoms with E-state index in [1.54, 1.807) is 19.2 Å². The Bertz CT molecular complexity index is 984. The van der Waals surface area contributed by atoms with Crippen molar-refractivity contribution in [1.82, 2.24) is 5.32 Å². The Balaban J connectivity index is 1.51. The number of hydrogen-bond donors (Lipinski definition) is 1. The SMILES string of the molecule is COc1ccc(CCNC(=O)[C@H](C)OC(=O)c2cc3c(F)cccc3s2)cc1. The van der Waals surface area contributed by atoms with Gasteiger partial charge >= 0.3 is 5.97 Å². The van der Waals surface area contributed by atoms with Crippen LogP contribution in [-0.4, -0.2) is 31.6 Å². The standard InChI is InChI=1S/C21H20FNO4S/c1-13(20(24)23-11-10-14-6-8-15(26-2)9-7-14)27-21(25)19-12-16-17(22)4-3-5-18(16)28-19/h3-9,12-13H,10-11H2,1-2H3,(H,23,24)/t13-/m0/s1. The first-order valence-corrected chi connectivity index (χ1v) is 9.59. The van der Waals surface area contributed by atoms with Crippen molar-refractivity contribution in [2.75, 3.05) is 13.7 Å². The van der Waals surface area contributed by atoms with Crippen LogP contribution in [0.5, 0.6) is 5.75 Å². The third kappa shape index (κ3) is 4.67. The summed E-state index contributed by atoms with van der Waals surface area (Å²) < 4.78 is 24.7. The zero-order valence-corrected chi connectivity index (χ0v) is 16.3. The quantitative estimate of drug-likeness (QED) is 0.609. The molecule has 0 bridgehead atoms. The van der Waals surface area contributed by atoms with Gasteiger partial charge in [0.05, 0.1) is 7.11 Å². The Labute approximate surface area is 166 Å². The van der Waals surface area contributed by atoms with E-state index in [-0.39, 0.29) is 10.8 Å². The number of carbonyl (C=O) groups excluding carboxylic acids is 2. The number of methoxy groups -OCH3 is 1. The number of fused-ring (bicyclic) bond motifs is 1. The number of hydrogen-bond acceptors (Lipinski definition) is 5. The molecule has 0 saturated carbocycles. The molecule has 2 aromatic carbocycles. The second-order valence-electron chi connectivity index (χ2n) is 6.20. The lowest BCUT2D eigenvalue weighted by Crippen LogP contribution is -2.36. The highest BCUT2D eigenvalue weighted by Gasteiger charge is 2.20. The molecule has 0 saturated heterocycles. The Kier molecular flexibility index (Phi) is 6.26. The summed E-state index contributed by atoms with van der Waals surface area (Å²) in [5.74, 6) is -0.640. The van der Waals surface area contributed by atoms with Crippen LogP contribution >= 0.6 is 11.3 Å². The van der Waals surface area contributed by atoms with Crippen LogP contribution < -0.4 is 10.1 Å². The first kappa shape index (κ1) is 19.8. The molecule has 0 aliphatic rings. The summed E-state index contributed by atoms with van der Waals surface area (Å²) in [6.07, 6.45) is -0.301. The molecule has 0 radical (unpaired) electrons. The van der Waals surface area contributed by atoms with Crippen molar-refractivity contribution in [3.63, 3.8) is 0 Å². The fraction of sp³-hybridized carbons (Fsp3) is 0.238. The highest BCUT2D eigenvalue weighted by Crippen LogP contribution is 2.28. The van der Waals surface area contributed by atoms with Crippen molar-refractivity contribution in [2.45, 2.75) is 19.4 Å². The minimum absolute atomic E-state index is 0.262. The van der Waals surface area contributed by atoms with E-state index in [1.165, 1.54) is 19.1 Å². The Morgan fingerprint density at radius 2 is 1.93 bits per heavy atom. The molecule has 1 aromatic heterocycles. The van der Waals surface area contributed by atoms with Crippen LogP contribution in [0, 0.1) is 5.82 Å². The van der Waals surface area contributed by atoms with Crippen molar-refractivity contribution in [3.8, 4) is 5.75 Å². The van der Waals surface area contributed by atoms with Crippen molar-refractivity contribution in [1.29, 1.82) is 0 Å². The molecule has 146 valence electrons. The maximum absolute atomic E-state index is 13.8. The molecule has 0 aliphatic carbocycles. The smallest absolute Gasteiger partial charge is 0.349 e. The van der Waals surface area contributed by atoms with Crippen LogP contribution in [0.1, 0.15) is 22.2 Å². The van der Waals surface area contributed by atoms with Gasteiger partial charge in [0.25, 0.3) is 5.91 Å². The van der Waals surface area contributed by atoms with Crippen LogP contribution in [0.15, 0.2) is 48.5 Å². The van der Waals surface area contributed by atoms with Crippen LogP contribution in [0.4, 0.5) is 4.39 Å². The lowest BCUT2D eigenvalue weighted by molar-refractivity contribution is -0.129. The van der Waals surface area contributed by atoms with E-state index in [4.69, 9.17) is 9.47 Å². The van der Waals surface area contributed by atoms with E-state index >= 15 is 0 Å². The first-order valence-electron chi connectivity index (χ1n) is 8.77. The maximum Gasteiger partial charge on any atom is 0.349 e. The number of esters is 1. The van der Waals surface area contributed by atoms with Crippen molar-refractivity contribution >= 4 is 33.3 Å². The van der Waals surface area contributed by atoms with Crippen LogP contribution in [0.3, 0.4) is 0 Å². The number of thiophene rings is 1. The number of rotatable bonds is 7. The minimum atomic E-state index is -0.946. The van der Waals surface area contributed by atoms with Gasteiger partial charge in [-0.1, -0.05) is 18.2 Å². The lowest BCUT2D eigenvalue weighted by atomic mass is 10.1. The zero-order valence-electron chi connectivity index (χ0n) is 15.5. The highest BCUT2D eigenvalue weighted by molar-refractivity contribution is 7.20. The molecule has 1 heterocycles. The largest absolute Gasteiger partial charge is 0.497 e. The van der Waals surface area contributed by atoms with E-state index in [0.717, 1.165) is 22.6 Å². The minimum Gasteiger partial charge on any atom is -0.497 e. The van der Waals surface area contributed by atoms with Gasteiger partial charge in [0.15, 0.2) is 6.10 Å². The van der Waals surface area contributed by atoms with Gasteiger partial charge in [-0.2, -0.15) is 0 Å². The molecule has 0 fully saturated rings. The molecule has 5 nitrogen and oxygen atoms in total. The average molecular weight is 401 g/mol. The predicted molar refractivity (Wildman–Crippen MR) is 106 cm³/mol. The summed E-state index contributed by atoms with van der Waals surface area (Å²) in [6, 6.07) is 13.7. The molecule has 1 amide bonds.